The van der Waals surface area contributed by atoms with Crippen LogP contribution < -0.4 is 5.32 Å². The molecule has 4 heteroatoms. The Morgan fingerprint density at radius 3 is 2.43 bits per heavy atom. The van der Waals surface area contributed by atoms with Crippen molar-refractivity contribution in [2.75, 3.05) is 39.3 Å². The minimum atomic E-state index is 0.219. The van der Waals surface area contributed by atoms with Crippen LogP contribution in [0, 0.1) is 11.8 Å². The minimum Gasteiger partial charge on any atom is -0.341 e. The predicted octanol–water partition coefficient (Wildman–Crippen LogP) is 2.20. The van der Waals surface area contributed by atoms with E-state index in [0.717, 1.165) is 52.1 Å². The summed E-state index contributed by atoms with van der Waals surface area (Å²) < 4.78 is 0. The van der Waals surface area contributed by atoms with Crippen molar-refractivity contribution in [1.29, 1.82) is 0 Å². The number of hydrogen-bond acceptors (Lipinski definition) is 3. The molecule has 1 aliphatic heterocycles. The fourth-order valence-electron chi connectivity index (χ4n) is 3.15. The van der Waals surface area contributed by atoms with E-state index in [1.807, 2.05) is 0 Å². The molecule has 1 aliphatic rings. The van der Waals surface area contributed by atoms with E-state index in [0.29, 0.717) is 17.9 Å². The summed E-state index contributed by atoms with van der Waals surface area (Å²) >= 11 is 0. The Morgan fingerprint density at radius 1 is 1.24 bits per heavy atom. The summed E-state index contributed by atoms with van der Waals surface area (Å²) in [5.41, 5.74) is 0. The summed E-state index contributed by atoms with van der Waals surface area (Å²) in [5.74, 6) is 1.13. The molecule has 0 unspecified atom stereocenters. The first kappa shape index (κ1) is 18.4. The monoisotopic (exact) mass is 297 g/mol. The lowest BCUT2D eigenvalue weighted by Crippen LogP contribution is -2.47. The highest BCUT2D eigenvalue weighted by molar-refractivity contribution is 5.79. The SMILES string of the molecule is CCN(CC)CCN(CC(C)C)C(=O)[C@H]1CCN[C@@H](C)C1. The Bertz CT molecular complexity index is 302. The Morgan fingerprint density at radius 2 is 1.90 bits per heavy atom. The molecule has 1 saturated heterocycles. The molecular formula is C17H35N3O. The second kappa shape index (κ2) is 9.42. The van der Waals surface area contributed by atoms with Gasteiger partial charge in [0.15, 0.2) is 0 Å². The van der Waals surface area contributed by atoms with E-state index in [4.69, 9.17) is 0 Å². The van der Waals surface area contributed by atoms with Crippen LogP contribution >= 0.6 is 0 Å². The molecule has 0 aromatic carbocycles. The number of carbonyl (C=O) groups is 1. The maximum Gasteiger partial charge on any atom is 0.225 e. The van der Waals surface area contributed by atoms with Crippen LogP contribution in [0.5, 0.6) is 0 Å². The first-order chi connectivity index (χ1) is 9.97. The second-order valence-electron chi connectivity index (χ2n) is 6.78. The third-order valence-electron chi connectivity index (χ3n) is 4.45. The van der Waals surface area contributed by atoms with E-state index in [1.54, 1.807) is 0 Å². The zero-order chi connectivity index (χ0) is 15.8. The number of likely N-dealkylation sites (N-methyl/N-ethyl adjacent to an activating group) is 1. The van der Waals surface area contributed by atoms with Gasteiger partial charge in [0.25, 0.3) is 0 Å². The molecule has 1 amide bonds. The number of piperidine rings is 1. The molecule has 4 nitrogen and oxygen atoms in total. The largest absolute Gasteiger partial charge is 0.341 e. The van der Waals surface area contributed by atoms with Gasteiger partial charge in [-0.1, -0.05) is 27.7 Å². The molecule has 2 atom stereocenters. The van der Waals surface area contributed by atoms with Gasteiger partial charge in [-0.3, -0.25) is 4.79 Å². The Labute approximate surface area is 131 Å². The summed E-state index contributed by atoms with van der Waals surface area (Å²) in [6, 6.07) is 0.469. The molecule has 0 aliphatic carbocycles. The highest BCUT2D eigenvalue weighted by atomic mass is 16.2. The van der Waals surface area contributed by atoms with E-state index in [-0.39, 0.29) is 5.92 Å². The van der Waals surface area contributed by atoms with E-state index >= 15 is 0 Å². The van der Waals surface area contributed by atoms with Gasteiger partial charge in [-0.05, 0) is 45.3 Å². The van der Waals surface area contributed by atoms with Crippen LogP contribution in [0.1, 0.15) is 47.5 Å². The molecule has 1 N–H and O–H groups in total. The lowest BCUT2D eigenvalue weighted by atomic mass is 9.91. The van der Waals surface area contributed by atoms with Gasteiger partial charge in [0.1, 0.15) is 0 Å². The van der Waals surface area contributed by atoms with Crippen molar-refractivity contribution in [3.63, 3.8) is 0 Å². The van der Waals surface area contributed by atoms with Gasteiger partial charge in [-0.25, -0.2) is 0 Å². The van der Waals surface area contributed by atoms with Crippen LogP contribution in [0.25, 0.3) is 0 Å². The summed E-state index contributed by atoms with van der Waals surface area (Å²) in [7, 11) is 0. The van der Waals surface area contributed by atoms with Gasteiger partial charge in [-0.2, -0.15) is 0 Å². The third kappa shape index (κ3) is 6.35. The Hall–Kier alpha value is -0.610. The van der Waals surface area contributed by atoms with Crippen LogP contribution in [-0.4, -0.2) is 61.0 Å². The lowest BCUT2D eigenvalue weighted by molar-refractivity contribution is -0.137. The van der Waals surface area contributed by atoms with Crippen molar-refractivity contribution in [2.45, 2.75) is 53.5 Å². The molecule has 0 spiro atoms. The van der Waals surface area contributed by atoms with E-state index in [9.17, 15) is 4.79 Å². The summed E-state index contributed by atoms with van der Waals surface area (Å²) in [6.07, 6.45) is 1.97. The zero-order valence-corrected chi connectivity index (χ0v) is 14.7. The summed E-state index contributed by atoms with van der Waals surface area (Å²) in [5, 5.41) is 3.44. The van der Waals surface area contributed by atoms with Gasteiger partial charge in [0.05, 0.1) is 0 Å². The average Bonchev–Trinajstić information content (AvgIpc) is 2.46. The number of hydrogen-bond donors (Lipinski definition) is 1. The van der Waals surface area contributed by atoms with Gasteiger partial charge < -0.3 is 15.1 Å². The van der Waals surface area contributed by atoms with Gasteiger partial charge in [0.2, 0.25) is 5.91 Å². The fourth-order valence-corrected chi connectivity index (χ4v) is 3.15. The van der Waals surface area contributed by atoms with Crippen molar-refractivity contribution in [3.05, 3.63) is 0 Å². The highest BCUT2D eigenvalue weighted by Gasteiger charge is 2.28. The van der Waals surface area contributed by atoms with Crippen LogP contribution in [0.3, 0.4) is 0 Å². The van der Waals surface area contributed by atoms with Crippen LogP contribution in [0.15, 0.2) is 0 Å². The Balaban J connectivity index is 2.60. The van der Waals surface area contributed by atoms with E-state index in [1.165, 1.54) is 0 Å². The topological polar surface area (TPSA) is 35.6 Å². The molecule has 124 valence electrons. The third-order valence-corrected chi connectivity index (χ3v) is 4.45. The van der Waals surface area contributed by atoms with Crippen LogP contribution in [0.2, 0.25) is 0 Å². The molecular weight excluding hydrogens is 262 g/mol. The Kier molecular flexibility index (Phi) is 8.27. The van der Waals surface area contributed by atoms with Crippen molar-refractivity contribution in [2.24, 2.45) is 11.8 Å². The molecule has 0 aromatic rings. The normalized spacial score (nSPS) is 22.8. The van der Waals surface area contributed by atoms with Crippen molar-refractivity contribution < 1.29 is 4.79 Å². The number of carbonyl (C=O) groups excluding carboxylic acids is 1. The van der Waals surface area contributed by atoms with E-state index < -0.39 is 0 Å². The number of nitrogens with one attached hydrogen (secondary N) is 1. The molecule has 0 aromatic heterocycles. The van der Waals surface area contributed by atoms with Gasteiger partial charge >= 0.3 is 0 Å². The van der Waals surface area contributed by atoms with Crippen molar-refractivity contribution in [1.82, 2.24) is 15.1 Å². The number of nitrogens with zero attached hydrogens (tertiary/aromatic N) is 2. The molecule has 21 heavy (non-hydrogen) atoms. The second-order valence-corrected chi connectivity index (χ2v) is 6.78. The maximum absolute atomic E-state index is 12.8. The predicted molar refractivity (Wildman–Crippen MR) is 89.4 cm³/mol. The van der Waals surface area contributed by atoms with E-state index in [2.05, 4.69) is 49.7 Å². The number of amides is 1. The average molecular weight is 297 g/mol. The highest BCUT2D eigenvalue weighted by Crippen LogP contribution is 2.19. The number of rotatable bonds is 8. The van der Waals surface area contributed by atoms with Crippen LogP contribution in [0.4, 0.5) is 0 Å². The van der Waals surface area contributed by atoms with Gasteiger partial charge in [-0.15, -0.1) is 0 Å². The zero-order valence-electron chi connectivity index (χ0n) is 14.7. The first-order valence-electron chi connectivity index (χ1n) is 8.72. The fraction of sp³-hybridized carbons (Fsp3) is 0.941. The van der Waals surface area contributed by atoms with Gasteiger partial charge in [0, 0.05) is 31.6 Å². The summed E-state index contributed by atoms with van der Waals surface area (Å²) in [4.78, 5) is 17.4. The van der Waals surface area contributed by atoms with Crippen molar-refractivity contribution in [3.8, 4) is 0 Å². The minimum absolute atomic E-state index is 0.219. The van der Waals surface area contributed by atoms with Crippen molar-refractivity contribution >= 4 is 5.91 Å². The molecule has 1 heterocycles. The lowest BCUT2D eigenvalue weighted by Gasteiger charge is -2.34. The first-order valence-corrected chi connectivity index (χ1v) is 8.72. The smallest absolute Gasteiger partial charge is 0.225 e. The standard InChI is InChI=1S/C17H35N3O/c1-6-19(7-2)10-11-20(13-14(3)4)17(21)16-8-9-18-15(5)12-16/h14-16,18H,6-13H2,1-5H3/t15-,16-/m0/s1. The molecule has 0 radical (unpaired) electrons. The van der Waals surface area contributed by atoms with Crippen LogP contribution in [-0.2, 0) is 4.79 Å². The maximum atomic E-state index is 12.8. The quantitative estimate of drug-likeness (QED) is 0.746. The molecule has 0 saturated carbocycles. The summed E-state index contributed by atoms with van der Waals surface area (Å²) in [6.45, 7) is 16.8. The molecule has 1 rings (SSSR count). The molecule has 0 bridgehead atoms. The molecule has 1 fully saturated rings.